The molecule has 14 heteroatoms. The average Bonchev–Trinajstić information content (AvgIpc) is 3.77. The number of aryl methyl sites for hydroxylation is 1. The molecule has 43 heavy (non-hydrogen) atoms. The molecule has 4 aliphatic heterocycles. The minimum Gasteiger partial charge on any atom is -0.423 e. The molecule has 0 spiro atoms. The summed E-state index contributed by atoms with van der Waals surface area (Å²) in [6, 6.07) is 23.2. The SMILES string of the molecule is Cc1ccc2c(c1)COB2O.OB1OCc2cc(Cl)ccc21.OB1OCc2cc(F)ccc21.OB1OCc2ccccc21. The number of rotatable bonds is 0. The lowest BCUT2D eigenvalue weighted by Gasteiger charge is -1.97. The van der Waals surface area contributed by atoms with Gasteiger partial charge in [0.2, 0.25) is 0 Å². The van der Waals surface area contributed by atoms with Gasteiger partial charge in [0.1, 0.15) is 5.82 Å². The second kappa shape index (κ2) is 14.2. The zero-order chi connectivity index (χ0) is 30.5. The number of halogens is 2. The van der Waals surface area contributed by atoms with Gasteiger partial charge in [-0.1, -0.05) is 71.8 Å². The molecule has 8 nitrogen and oxygen atoms in total. The van der Waals surface area contributed by atoms with Crippen LogP contribution in [0.2, 0.25) is 5.02 Å². The summed E-state index contributed by atoms with van der Waals surface area (Å²) >= 11 is 5.73. The fourth-order valence-electron chi connectivity index (χ4n) is 4.92. The molecule has 0 fully saturated rings. The number of benzene rings is 4. The molecular formula is C29H28B4ClFO8. The third-order valence-corrected chi connectivity index (χ3v) is 7.45. The topological polar surface area (TPSA) is 118 Å². The highest BCUT2D eigenvalue weighted by atomic mass is 35.5. The first-order valence-corrected chi connectivity index (χ1v) is 14.0. The van der Waals surface area contributed by atoms with Gasteiger partial charge in [-0.15, -0.1) is 0 Å². The number of hydrogen-bond acceptors (Lipinski definition) is 8. The molecule has 0 aromatic heterocycles. The summed E-state index contributed by atoms with van der Waals surface area (Å²) in [5, 5.41) is 37.4. The standard InChI is InChI=1S/C8H9BO2.C7H6BClO2.C7H6BFO2.C7H7BO2/c1-6-2-3-8-7(4-6)5-11-9(8)10;2*9-6-1-2-7-5(3-6)4-11-8(7)10;9-8-7-4-2-1-3-6(7)5-10-8/h2-4,10H,5H2,1H3;2*1-3,10H,4H2;1-4,9H,5H2. The Morgan fingerprint density at radius 3 is 1.58 bits per heavy atom. The molecular weight excluding hydrogens is 574 g/mol. The minimum absolute atomic E-state index is 0.290. The molecule has 4 aliphatic rings. The molecule has 0 aliphatic carbocycles. The van der Waals surface area contributed by atoms with E-state index < -0.39 is 28.5 Å². The second-order valence-electron chi connectivity index (χ2n) is 10.2. The van der Waals surface area contributed by atoms with Crippen LogP contribution in [0.5, 0.6) is 0 Å². The van der Waals surface area contributed by atoms with Gasteiger partial charge in [-0.2, -0.15) is 0 Å². The van der Waals surface area contributed by atoms with Gasteiger partial charge < -0.3 is 38.7 Å². The predicted octanol–water partition coefficient (Wildman–Crippen LogP) is 0.718. The number of hydrogen-bond donors (Lipinski definition) is 4. The Hall–Kier alpha value is -2.96. The molecule has 0 amide bonds. The van der Waals surface area contributed by atoms with Gasteiger partial charge in [0.05, 0.1) is 26.4 Å². The maximum absolute atomic E-state index is 12.6. The Balaban J connectivity index is 0.000000114. The van der Waals surface area contributed by atoms with E-state index in [1.165, 1.54) is 17.7 Å². The quantitative estimate of drug-likeness (QED) is 0.218. The van der Waals surface area contributed by atoms with Crippen molar-refractivity contribution < 1.29 is 43.1 Å². The average molecular weight is 602 g/mol. The summed E-state index contributed by atoms with van der Waals surface area (Å²) in [5.41, 5.74) is 8.44. The zero-order valence-electron chi connectivity index (χ0n) is 23.3. The fourth-order valence-corrected chi connectivity index (χ4v) is 5.12. The van der Waals surface area contributed by atoms with Crippen molar-refractivity contribution in [3.63, 3.8) is 0 Å². The lowest BCUT2D eigenvalue weighted by Crippen LogP contribution is -2.27. The molecule has 0 saturated heterocycles. The van der Waals surface area contributed by atoms with Crippen molar-refractivity contribution in [3.05, 3.63) is 118 Å². The molecule has 218 valence electrons. The van der Waals surface area contributed by atoms with Crippen molar-refractivity contribution in [2.24, 2.45) is 0 Å². The van der Waals surface area contributed by atoms with E-state index in [1.807, 2.05) is 55.5 Å². The summed E-state index contributed by atoms with van der Waals surface area (Å²) in [7, 11) is -3.03. The van der Waals surface area contributed by atoms with Crippen LogP contribution in [0.4, 0.5) is 4.39 Å². The second-order valence-corrected chi connectivity index (χ2v) is 10.7. The smallest absolute Gasteiger partial charge is 0.423 e. The van der Waals surface area contributed by atoms with Crippen molar-refractivity contribution in [2.45, 2.75) is 33.4 Å². The Kier molecular flexibility index (Phi) is 10.4. The maximum atomic E-state index is 12.6. The van der Waals surface area contributed by atoms with E-state index in [9.17, 15) is 14.4 Å². The fraction of sp³-hybridized carbons (Fsp3) is 0.172. The van der Waals surface area contributed by atoms with E-state index in [4.69, 9.17) is 40.3 Å². The molecule has 4 heterocycles. The van der Waals surface area contributed by atoms with Gasteiger partial charge in [-0.3, -0.25) is 0 Å². The third-order valence-electron chi connectivity index (χ3n) is 7.21. The van der Waals surface area contributed by atoms with Crippen LogP contribution in [0.25, 0.3) is 0 Å². The molecule has 0 unspecified atom stereocenters. The van der Waals surface area contributed by atoms with Crippen LogP contribution in [0.15, 0.2) is 78.9 Å². The summed E-state index contributed by atoms with van der Waals surface area (Å²) < 4.78 is 32.4. The van der Waals surface area contributed by atoms with Gasteiger partial charge in [0.25, 0.3) is 0 Å². The first-order valence-electron chi connectivity index (χ1n) is 13.6. The Labute approximate surface area is 255 Å². The summed E-state index contributed by atoms with van der Waals surface area (Å²) in [6.07, 6.45) is 0. The highest BCUT2D eigenvalue weighted by molar-refractivity contribution is 6.62. The predicted molar refractivity (Wildman–Crippen MR) is 165 cm³/mol. The van der Waals surface area contributed by atoms with E-state index in [0.717, 1.165) is 38.6 Å². The van der Waals surface area contributed by atoms with Gasteiger partial charge in [0, 0.05) is 5.02 Å². The zero-order valence-corrected chi connectivity index (χ0v) is 24.1. The first-order chi connectivity index (χ1) is 20.7. The van der Waals surface area contributed by atoms with Crippen LogP contribution in [0.3, 0.4) is 0 Å². The maximum Gasteiger partial charge on any atom is 0.491 e. The summed E-state index contributed by atoms with van der Waals surface area (Å²) in [5.74, 6) is -0.290. The van der Waals surface area contributed by atoms with Crippen LogP contribution in [0.1, 0.15) is 27.8 Å². The van der Waals surface area contributed by atoms with Gasteiger partial charge in [0.15, 0.2) is 0 Å². The molecule has 0 saturated carbocycles. The molecule has 4 aromatic rings. The largest absolute Gasteiger partial charge is 0.491 e. The van der Waals surface area contributed by atoms with Crippen LogP contribution >= 0.6 is 11.6 Å². The van der Waals surface area contributed by atoms with Crippen LogP contribution in [-0.2, 0) is 45.0 Å². The van der Waals surface area contributed by atoms with E-state index >= 15 is 0 Å². The Morgan fingerprint density at radius 1 is 0.558 bits per heavy atom. The Bertz CT molecular complexity index is 1440. The first kappa shape index (κ1) is 31.5. The van der Waals surface area contributed by atoms with Crippen LogP contribution in [0, 0.1) is 12.7 Å². The van der Waals surface area contributed by atoms with Crippen LogP contribution < -0.4 is 21.9 Å². The van der Waals surface area contributed by atoms with Gasteiger partial charge in [-0.25, -0.2) is 4.39 Å². The number of fused-ring (bicyclic) bond motifs is 4. The molecule has 4 aromatic carbocycles. The van der Waals surface area contributed by atoms with Crippen molar-refractivity contribution in [1.29, 1.82) is 0 Å². The van der Waals surface area contributed by atoms with Crippen molar-refractivity contribution in [2.75, 3.05) is 0 Å². The van der Waals surface area contributed by atoms with E-state index in [2.05, 4.69) is 0 Å². The summed E-state index contributed by atoms with van der Waals surface area (Å²) in [4.78, 5) is 0. The van der Waals surface area contributed by atoms with E-state index in [0.29, 0.717) is 36.9 Å². The highest BCUT2D eigenvalue weighted by Gasteiger charge is 2.28. The van der Waals surface area contributed by atoms with E-state index in [1.54, 1.807) is 18.2 Å². The monoisotopic (exact) mass is 602 g/mol. The molecule has 4 N–H and O–H groups in total. The lowest BCUT2D eigenvalue weighted by molar-refractivity contribution is 0.275. The van der Waals surface area contributed by atoms with Crippen molar-refractivity contribution in [1.82, 2.24) is 0 Å². The Morgan fingerprint density at radius 2 is 1.00 bits per heavy atom. The molecule has 8 rings (SSSR count). The minimum atomic E-state index is -0.870. The van der Waals surface area contributed by atoms with Gasteiger partial charge in [-0.05, 0) is 75.3 Å². The molecule has 0 radical (unpaired) electrons. The van der Waals surface area contributed by atoms with Crippen LogP contribution in [-0.4, -0.2) is 48.6 Å². The molecule has 0 atom stereocenters. The van der Waals surface area contributed by atoms with Crippen molar-refractivity contribution >= 4 is 61.9 Å². The molecule has 0 bridgehead atoms. The third kappa shape index (κ3) is 7.77. The lowest BCUT2D eigenvalue weighted by atomic mass is 9.79. The van der Waals surface area contributed by atoms with Crippen molar-refractivity contribution in [3.8, 4) is 0 Å². The normalized spacial score (nSPS) is 15.3. The van der Waals surface area contributed by atoms with E-state index in [-0.39, 0.29) is 5.82 Å². The van der Waals surface area contributed by atoms with Gasteiger partial charge >= 0.3 is 28.5 Å². The summed E-state index contributed by atoms with van der Waals surface area (Å²) in [6.45, 7) is 3.87. The highest BCUT2D eigenvalue weighted by Crippen LogP contribution is 2.15.